The van der Waals surface area contributed by atoms with Gasteiger partial charge in [0.05, 0.1) is 33.0 Å². The molecule has 1 aliphatic rings. The van der Waals surface area contributed by atoms with Gasteiger partial charge in [-0.1, -0.05) is 0 Å². The lowest BCUT2D eigenvalue weighted by Crippen LogP contribution is -2.48. The predicted octanol–water partition coefficient (Wildman–Crippen LogP) is 1.22. The van der Waals surface area contributed by atoms with Gasteiger partial charge in [-0.2, -0.15) is 0 Å². The highest BCUT2D eigenvalue weighted by atomic mass is 16.5. The molecule has 18 heavy (non-hydrogen) atoms. The molecule has 1 amide bonds. The average molecular weight is 251 g/mol. The van der Waals surface area contributed by atoms with Crippen LogP contribution in [0, 0.1) is 0 Å². The normalized spacial score (nSPS) is 14.8. The smallest absolute Gasteiger partial charge is 0.251 e. The fourth-order valence-corrected chi connectivity index (χ4v) is 1.67. The minimum Gasteiger partial charge on any atom is -0.493 e. The van der Waals surface area contributed by atoms with Crippen molar-refractivity contribution in [2.45, 2.75) is 13.0 Å². The fourth-order valence-electron chi connectivity index (χ4n) is 1.67. The molecule has 0 bridgehead atoms. The Morgan fingerprint density at radius 3 is 2.78 bits per heavy atom. The zero-order valence-electron chi connectivity index (χ0n) is 10.6. The van der Waals surface area contributed by atoms with Gasteiger partial charge in [-0.3, -0.25) is 4.79 Å². The van der Waals surface area contributed by atoms with Gasteiger partial charge in [-0.05, 0) is 25.1 Å². The molecule has 0 radical (unpaired) electrons. The number of rotatable bonds is 5. The van der Waals surface area contributed by atoms with Crippen LogP contribution in [0.3, 0.4) is 0 Å². The standard InChI is InChI=1S/C13H17NO4/c1-3-18-12-6-9(4-5-11(12)16-2)13(15)14-10-7-17-8-10/h4-6,10H,3,7-8H2,1-2H3,(H,14,15). The fraction of sp³-hybridized carbons (Fsp3) is 0.462. The number of benzene rings is 1. The van der Waals surface area contributed by atoms with Crippen molar-refractivity contribution in [1.29, 1.82) is 0 Å². The maximum absolute atomic E-state index is 11.9. The number of ether oxygens (including phenoxy) is 3. The number of amides is 1. The third kappa shape index (κ3) is 2.73. The van der Waals surface area contributed by atoms with Crippen LogP contribution in [0.5, 0.6) is 11.5 Å². The second-order valence-corrected chi connectivity index (χ2v) is 4.01. The van der Waals surface area contributed by atoms with Crippen molar-refractivity contribution >= 4 is 5.91 Å². The van der Waals surface area contributed by atoms with Gasteiger partial charge < -0.3 is 19.5 Å². The molecule has 0 spiro atoms. The van der Waals surface area contributed by atoms with Crippen molar-refractivity contribution in [2.75, 3.05) is 26.9 Å². The highest BCUT2D eigenvalue weighted by Gasteiger charge is 2.21. The van der Waals surface area contributed by atoms with Gasteiger partial charge in [-0.25, -0.2) is 0 Å². The molecule has 2 rings (SSSR count). The van der Waals surface area contributed by atoms with Crippen molar-refractivity contribution in [3.8, 4) is 11.5 Å². The van der Waals surface area contributed by atoms with E-state index in [4.69, 9.17) is 14.2 Å². The summed E-state index contributed by atoms with van der Waals surface area (Å²) in [5.41, 5.74) is 0.561. The van der Waals surface area contributed by atoms with Crippen LogP contribution < -0.4 is 14.8 Å². The number of hydrogen-bond donors (Lipinski definition) is 1. The van der Waals surface area contributed by atoms with Crippen LogP contribution in [0.4, 0.5) is 0 Å². The van der Waals surface area contributed by atoms with Crippen LogP contribution in [-0.4, -0.2) is 38.9 Å². The Hall–Kier alpha value is -1.75. The lowest BCUT2D eigenvalue weighted by molar-refractivity contribution is -0.00346. The molecular weight excluding hydrogens is 234 g/mol. The Morgan fingerprint density at radius 1 is 1.44 bits per heavy atom. The van der Waals surface area contributed by atoms with Crippen LogP contribution in [0.15, 0.2) is 18.2 Å². The van der Waals surface area contributed by atoms with E-state index >= 15 is 0 Å². The second-order valence-electron chi connectivity index (χ2n) is 4.01. The van der Waals surface area contributed by atoms with E-state index in [1.807, 2.05) is 6.92 Å². The summed E-state index contributed by atoms with van der Waals surface area (Å²) < 4.78 is 15.6. The molecule has 98 valence electrons. The van der Waals surface area contributed by atoms with Crippen molar-refractivity contribution in [2.24, 2.45) is 0 Å². The maximum Gasteiger partial charge on any atom is 0.251 e. The van der Waals surface area contributed by atoms with Crippen LogP contribution in [0.1, 0.15) is 17.3 Å². The van der Waals surface area contributed by atoms with Crippen LogP contribution in [-0.2, 0) is 4.74 Å². The first-order valence-corrected chi connectivity index (χ1v) is 5.94. The molecule has 5 nitrogen and oxygen atoms in total. The first-order valence-electron chi connectivity index (χ1n) is 5.94. The summed E-state index contributed by atoms with van der Waals surface area (Å²) >= 11 is 0. The van der Waals surface area contributed by atoms with E-state index in [9.17, 15) is 4.79 Å². The van der Waals surface area contributed by atoms with Crippen LogP contribution >= 0.6 is 0 Å². The Morgan fingerprint density at radius 2 is 2.22 bits per heavy atom. The van der Waals surface area contributed by atoms with Crippen molar-refractivity contribution in [1.82, 2.24) is 5.32 Å². The second kappa shape index (κ2) is 5.73. The molecule has 0 atom stereocenters. The maximum atomic E-state index is 11.9. The Balaban J connectivity index is 2.11. The Bertz CT molecular complexity index is 429. The predicted molar refractivity (Wildman–Crippen MR) is 66.2 cm³/mol. The van der Waals surface area contributed by atoms with Gasteiger partial charge in [-0.15, -0.1) is 0 Å². The number of carbonyl (C=O) groups excluding carboxylic acids is 1. The van der Waals surface area contributed by atoms with E-state index in [-0.39, 0.29) is 11.9 Å². The summed E-state index contributed by atoms with van der Waals surface area (Å²) in [4.78, 5) is 11.9. The third-order valence-electron chi connectivity index (χ3n) is 2.70. The van der Waals surface area contributed by atoms with E-state index in [1.165, 1.54) is 0 Å². The zero-order valence-corrected chi connectivity index (χ0v) is 10.6. The van der Waals surface area contributed by atoms with E-state index < -0.39 is 0 Å². The van der Waals surface area contributed by atoms with E-state index in [2.05, 4.69) is 5.32 Å². The number of nitrogens with one attached hydrogen (secondary N) is 1. The number of methoxy groups -OCH3 is 1. The summed E-state index contributed by atoms with van der Waals surface area (Å²) in [6, 6.07) is 5.26. The summed E-state index contributed by atoms with van der Waals surface area (Å²) in [5.74, 6) is 1.09. The van der Waals surface area contributed by atoms with Gasteiger partial charge in [0.2, 0.25) is 0 Å². The van der Waals surface area contributed by atoms with Crippen molar-refractivity contribution in [3.05, 3.63) is 23.8 Å². The van der Waals surface area contributed by atoms with Crippen molar-refractivity contribution < 1.29 is 19.0 Å². The lowest BCUT2D eigenvalue weighted by atomic mass is 10.1. The van der Waals surface area contributed by atoms with Crippen molar-refractivity contribution in [3.63, 3.8) is 0 Å². The van der Waals surface area contributed by atoms with Gasteiger partial charge >= 0.3 is 0 Å². The molecule has 1 N–H and O–H groups in total. The molecule has 1 heterocycles. The molecule has 0 aromatic heterocycles. The number of carbonyl (C=O) groups is 1. The van der Waals surface area contributed by atoms with Gasteiger partial charge in [0.1, 0.15) is 0 Å². The Kier molecular flexibility index (Phi) is 4.04. The van der Waals surface area contributed by atoms with E-state index in [0.29, 0.717) is 36.9 Å². The minimum atomic E-state index is -0.119. The summed E-state index contributed by atoms with van der Waals surface area (Å²) in [7, 11) is 1.57. The SMILES string of the molecule is CCOc1cc(C(=O)NC2COC2)ccc1OC. The highest BCUT2D eigenvalue weighted by molar-refractivity contribution is 5.95. The molecule has 1 fully saturated rings. The van der Waals surface area contributed by atoms with Gasteiger partial charge in [0, 0.05) is 5.56 Å². The molecule has 5 heteroatoms. The van der Waals surface area contributed by atoms with Crippen LogP contribution in [0.2, 0.25) is 0 Å². The quantitative estimate of drug-likeness (QED) is 0.855. The zero-order chi connectivity index (χ0) is 13.0. The summed E-state index contributed by atoms with van der Waals surface area (Å²) in [5, 5.41) is 2.88. The van der Waals surface area contributed by atoms with Gasteiger partial charge in [0.25, 0.3) is 5.91 Å². The highest BCUT2D eigenvalue weighted by Crippen LogP contribution is 2.28. The molecule has 1 aliphatic heterocycles. The molecule has 0 saturated carbocycles. The van der Waals surface area contributed by atoms with E-state index in [0.717, 1.165) is 0 Å². The molecule has 1 aromatic carbocycles. The summed E-state index contributed by atoms with van der Waals surface area (Å²) in [6.07, 6.45) is 0. The summed E-state index contributed by atoms with van der Waals surface area (Å²) in [6.45, 7) is 3.58. The Labute approximate surface area is 106 Å². The minimum absolute atomic E-state index is 0.119. The first-order chi connectivity index (χ1) is 8.74. The molecule has 0 aliphatic carbocycles. The lowest BCUT2D eigenvalue weighted by Gasteiger charge is -2.26. The molecular formula is C13H17NO4. The van der Waals surface area contributed by atoms with E-state index in [1.54, 1.807) is 25.3 Å². The average Bonchev–Trinajstić information content (AvgIpc) is 2.34. The largest absolute Gasteiger partial charge is 0.493 e. The molecule has 1 saturated heterocycles. The molecule has 1 aromatic rings. The first kappa shape index (κ1) is 12.7. The number of hydrogen-bond acceptors (Lipinski definition) is 4. The monoisotopic (exact) mass is 251 g/mol. The third-order valence-corrected chi connectivity index (χ3v) is 2.70. The van der Waals surface area contributed by atoms with Crippen LogP contribution in [0.25, 0.3) is 0 Å². The van der Waals surface area contributed by atoms with Gasteiger partial charge in [0.15, 0.2) is 11.5 Å². The molecule has 0 unspecified atom stereocenters. The topological polar surface area (TPSA) is 56.8 Å².